The van der Waals surface area contributed by atoms with Crippen LogP contribution in [0.15, 0.2) is 104 Å². The monoisotopic (exact) mass is 449 g/mol. The average Bonchev–Trinajstić information content (AvgIpc) is 3.09. The fraction of sp³-hybridized carbons (Fsp3) is 0.115. The summed E-state index contributed by atoms with van der Waals surface area (Å²) in [6.45, 7) is 6.72. The summed E-state index contributed by atoms with van der Waals surface area (Å²) in [6, 6.07) is 26.8. The van der Waals surface area contributed by atoms with Crippen molar-refractivity contribution in [1.82, 2.24) is 3.80 Å². The third-order valence-corrected chi connectivity index (χ3v) is 9.78. The number of carbonyl (C=O) groups excluding carboxylic acids is 1. The maximum Gasteiger partial charge on any atom is -0.0149 e. The molecule has 0 fully saturated rings. The summed E-state index contributed by atoms with van der Waals surface area (Å²) in [5.74, 6) is 0.0486. The topological polar surface area (TPSA) is 29.1 Å². The number of allylic oxidation sites excluding steroid dienone is 2. The first-order valence-electron chi connectivity index (χ1n) is 9.79. The van der Waals surface area contributed by atoms with Gasteiger partial charge in [0.2, 0.25) is 0 Å². The predicted molar refractivity (Wildman–Crippen MR) is 131 cm³/mol. The van der Waals surface area contributed by atoms with Crippen molar-refractivity contribution in [2.75, 3.05) is 0 Å². The van der Waals surface area contributed by atoms with E-state index in [0.717, 1.165) is 5.56 Å². The van der Waals surface area contributed by atoms with Gasteiger partial charge in [0, 0.05) is 0 Å². The van der Waals surface area contributed by atoms with Crippen LogP contribution < -0.4 is 3.80 Å². The van der Waals surface area contributed by atoms with Crippen LogP contribution in [0.25, 0.3) is 11.1 Å². The van der Waals surface area contributed by atoms with Gasteiger partial charge in [-0.2, -0.15) is 0 Å². The summed E-state index contributed by atoms with van der Waals surface area (Å²) in [5, 5.41) is 4.59. The first-order chi connectivity index (χ1) is 14.0. The number of carbonyl (C=O) groups is 1. The number of rotatable bonds is 4. The molecule has 1 aliphatic carbocycles. The zero-order valence-corrected chi connectivity index (χ0v) is 18.6. The van der Waals surface area contributed by atoms with Crippen molar-refractivity contribution in [2.45, 2.75) is 14.7 Å². The second kappa shape index (κ2) is 10.5. The van der Waals surface area contributed by atoms with Gasteiger partial charge in [-0.25, -0.2) is 0 Å². The van der Waals surface area contributed by atoms with E-state index in [1.54, 1.807) is 12.2 Å². The first-order valence-corrected chi connectivity index (χ1v) is 14.6. The molecule has 30 heavy (non-hydrogen) atoms. The molecule has 0 aromatic heterocycles. The van der Waals surface area contributed by atoms with Crippen molar-refractivity contribution in [3.05, 3.63) is 121 Å². The zero-order valence-electron chi connectivity index (χ0n) is 17.1. The van der Waals surface area contributed by atoms with Gasteiger partial charge in [0.25, 0.3) is 0 Å². The molecular formula is C26H31NOSiTi. The molecule has 154 valence electrons. The second-order valence-electron chi connectivity index (χ2n) is 7.62. The van der Waals surface area contributed by atoms with Gasteiger partial charge in [0.05, 0.1) is 0 Å². The Balaban J connectivity index is 0.000000591. The van der Waals surface area contributed by atoms with Crippen molar-refractivity contribution >= 4 is 16.9 Å². The zero-order chi connectivity index (χ0) is 20.9. The molecule has 1 amide bonds. The standard InChI is InChI=1S/C13H9.C7H7NO.C4H6.2CH3.H4Si.Ti/c1-3-7-12-10(5-1)9-11-6-2-4-8-13(11)12;8-7(9)6-4-2-1-3-5-6;1-3-4-2;;;;/h1-9H;1-5H,(H2,8,9);3-4H,1-2H2;2*1H3;1H4;/q;;;;;;+1/p-1. The molecule has 3 aromatic rings. The Labute approximate surface area is 188 Å². The van der Waals surface area contributed by atoms with E-state index in [4.69, 9.17) is 0 Å². The van der Waals surface area contributed by atoms with Gasteiger partial charge in [-0.3, -0.25) is 0 Å². The van der Waals surface area contributed by atoms with E-state index < -0.39 is 16.8 Å². The van der Waals surface area contributed by atoms with Crippen molar-refractivity contribution in [3.8, 4) is 11.1 Å². The molecule has 0 atom stereocenters. The van der Waals surface area contributed by atoms with Crippen LogP contribution in [0.4, 0.5) is 0 Å². The minimum absolute atomic E-state index is 0. The normalized spacial score (nSPS) is 11.7. The van der Waals surface area contributed by atoms with Gasteiger partial charge >= 0.3 is 153 Å². The molecule has 0 bridgehead atoms. The number of benzene rings is 3. The number of amides is 1. The molecule has 1 aliphatic rings. The van der Waals surface area contributed by atoms with E-state index in [9.17, 15) is 4.79 Å². The maximum absolute atomic E-state index is 12.8. The van der Waals surface area contributed by atoms with E-state index >= 15 is 0 Å². The minimum atomic E-state index is -2.72. The smallest absolute Gasteiger partial charge is 0.0149 e. The van der Waals surface area contributed by atoms with E-state index in [1.165, 1.54) is 22.3 Å². The molecule has 0 spiro atoms. The van der Waals surface area contributed by atoms with E-state index in [0.29, 0.717) is 4.22 Å². The van der Waals surface area contributed by atoms with Crippen LogP contribution >= 0.6 is 0 Å². The summed E-state index contributed by atoms with van der Waals surface area (Å²) < 4.78 is 3.76. The molecule has 0 heterocycles. The van der Waals surface area contributed by atoms with Gasteiger partial charge < -0.3 is 0 Å². The predicted octanol–water partition coefficient (Wildman–Crippen LogP) is 5.26. The Morgan fingerprint density at radius 3 is 1.70 bits per heavy atom. The quantitative estimate of drug-likeness (QED) is 0.427. The van der Waals surface area contributed by atoms with Crippen molar-refractivity contribution in [2.24, 2.45) is 0 Å². The summed E-state index contributed by atoms with van der Waals surface area (Å²) in [6.07, 6.45) is 3.28. The van der Waals surface area contributed by atoms with Gasteiger partial charge in [-0.15, -0.1) is 0 Å². The third kappa shape index (κ3) is 4.99. The third-order valence-electron chi connectivity index (χ3n) is 5.19. The summed E-state index contributed by atoms with van der Waals surface area (Å²) in [5.41, 5.74) is 6.09. The molecular weight excluding hydrogens is 418 g/mol. The number of hydrogen-bond acceptors (Lipinski definition) is 1. The molecule has 0 unspecified atom stereocenters. The van der Waals surface area contributed by atoms with Crippen molar-refractivity contribution < 1.29 is 21.6 Å². The van der Waals surface area contributed by atoms with Crippen LogP contribution in [0.2, 0.25) is 10.5 Å². The summed E-state index contributed by atoms with van der Waals surface area (Å²) >= 11 is -2.72. The molecule has 1 N–H and O–H groups in total. The number of hydrogen-bond donors (Lipinski definition) is 1. The van der Waals surface area contributed by atoms with Crippen LogP contribution in [0.1, 0.15) is 25.7 Å². The summed E-state index contributed by atoms with van der Waals surface area (Å²) in [4.78, 5) is 12.8. The minimum Gasteiger partial charge on any atom is -0.0149 e. The SMILES string of the molecule is C=CC=C.[CH3][Ti]([CH3])([NH]C(=O)c1ccccc1)[CH]1c2ccccc2-c2ccccc21.[SiH4]. The maximum atomic E-state index is 12.8. The largest absolute Gasteiger partial charge is 0.0149 e. The Hall–Kier alpha value is -2.46. The van der Waals surface area contributed by atoms with Crippen molar-refractivity contribution in [1.29, 1.82) is 0 Å². The van der Waals surface area contributed by atoms with Crippen molar-refractivity contribution in [3.63, 3.8) is 0 Å². The number of fused-ring (bicyclic) bond motifs is 3. The molecule has 3 aromatic carbocycles. The van der Waals surface area contributed by atoms with Crippen LogP contribution in [0, 0.1) is 0 Å². The van der Waals surface area contributed by atoms with Crippen LogP contribution in [-0.4, -0.2) is 16.9 Å². The Morgan fingerprint density at radius 1 is 0.800 bits per heavy atom. The molecule has 2 nitrogen and oxygen atoms in total. The second-order valence-corrected chi connectivity index (χ2v) is 14.3. The molecule has 4 rings (SSSR count). The Bertz CT molecular complexity index is 978. The van der Waals surface area contributed by atoms with Crippen LogP contribution in [0.5, 0.6) is 0 Å². The average molecular weight is 449 g/mol. The van der Waals surface area contributed by atoms with Gasteiger partial charge in [-0.1, -0.05) is 25.3 Å². The molecule has 4 heteroatoms. The molecule has 0 aliphatic heterocycles. The Kier molecular flexibility index (Phi) is 8.36. The van der Waals surface area contributed by atoms with E-state index in [-0.39, 0.29) is 16.9 Å². The Morgan fingerprint density at radius 2 is 1.23 bits per heavy atom. The fourth-order valence-electron chi connectivity index (χ4n) is 3.96. The first kappa shape index (κ1) is 23.8. The molecule has 0 saturated carbocycles. The van der Waals surface area contributed by atoms with E-state index in [2.05, 4.69) is 75.9 Å². The fourth-order valence-corrected chi connectivity index (χ4v) is 8.54. The van der Waals surface area contributed by atoms with Crippen LogP contribution in [-0.2, 0) is 16.8 Å². The number of nitrogens with one attached hydrogen (secondary N) is 1. The molecule has 0 radical (unpaired) electrons. The van der Waals surface area contributed by atoms with Crippen LogP contribution in [0.3, 0.4) is 0 Å². The van der Waals surface area contributed by atoms with Gasteiger partial charge in [-0.05, 0) is 11.0 Å². The van der Waals surface area contributed by atoms with Gasteiger partial charge in [0.1, 0.15) is 0 Å². The van der Waals surface area contributed by atoms with Gasteiger partial charge in [0.15, 0.2) is 0 Å². The van der Waals surface area contributed by atoms with E-state index in [1.807, 2.05) is 30.3 Å². The summed E-state index contributed by atoms with van der Waals surface area (Å²) in [7, 11) is 0. The molecule has 0 saturated heterocycles.